The lowest BCUT2D eigenvalue weighted by Gasteiger charge is -2.10. The van der Waals surface area contributed by atoms with Gasteiger partial charge in [-0.1, -0.05) is 35.0 Å². The van der Waals surface area contributed by atoms with Gasteiger partial charge >= 0.3 is 0 Å². The highest BCUT2D eigenvalue weighted by Crippen LogP contribution is 2.32. The minimum absolute atomic E-state index is 0.0412. The molecule has 0 aromatic heterocycles. The van der Waals surface area contributed by atoms with E-state index in [1.807, 2.05) is 0 Å². The fraction of sp³-hybridized carbons (Fsp3) is 0.308. The largest absolute Gasteiger partial charge is 0.326 e. The number of amides is 2. The average molecular weight is 344 g/mol. The van der Waals surface area contributed by atoms with Crippen LogP contribution in [-0.4, -0.2) is 40.2 Å². The van der Waals surface area contributed by atoms with E-state index in [9.17, 15) is 9.59 Å². The van der Waals surface area contributed by atoms with E-state index in [4.69, 9.17) is 23.2 Å². The third-order valence-electron chi connectivity index (χ3n) is 3.16. The molecule has 2 aliphatic heterocycles. The van der Waals surface area contributed by atoms with Crippen molar-refractivity contribution in [1.82, 2.24) is 4.90 Å². The van der Waals surface area contributed by atoms with Crippen molar-refractivity contribution in [2.45, 2.75) is 11.7 Å². The van der Waals surface area contributed by atoms with Gasteiger partial charge in [0.2, 0.25) is 11.8 Å². The molecule has 1 aromatic rings. The zero-order valence-electron chi connectivity index (χ0n) is 10.8. The SMILES string of the molecule is O=C(C[C@@H]1SC2=NCCN2C1=O)Nc1ccc(Cl)c(Cl)c1. The maximum absolute atomic E-state index is 12.1. The molecule has 0 unspecified atom stereocenters. The Labute approximate surface area is 135 Å². The Morgan fingerprint density at radius 3 is 2.95 bits per heavy atom. The second-order valence-electron chi connectivity index (χ2n) is 4.64. The van der Waals surface area contributed by atoms with Crippen LogP contribution < -0.4 is 5.32 Å². The fourth-order valence-corrected chi connectivity index (χ4v) is 3.66. The normalized spacial score (nSPS) is 20.5. The topological polar surface area (TPSA) is 61.8 Å². The summed E-state index contributed by atoms with van der Waals surface area (Å²) in [6, 6.07) is 4.85. The highest BCUT2D eigenvalue weighted by molar-refractivity contribution is 8.15. The van der Waals surface area contributed by atoms with Gasteiger partial charge in [0.05, 0.1) is 16.6 Å². The number of carbonyl (C=O) groups is 2. The van der Waals surface area contributed by atoms with Crippen LogP contribution in [0.3, 0.4) is 0 Å². The van der Waals surface area contributed by atoms with Gasteiger partial charge in [-0.25, -0.2) is 0 Å². The van der Waals surface area contributed by atoms with Gasteiger partial charge in [0.15, 0.2) is 5.17 Å². The van der Waals surface area contributed by atoms with Crippen LogP contribution in [-0.2, 0) is 9.59 Å². The molecule has 1 aromatic carbocycles. The summed E-state index contributed by atoms with van der Waals surface area (Å²) >= 11 is 13.1. The number of anilines is 1. The molecule has 0 saturated carbocycles. The van der Waals surface area contributed by atoms with Gasteiger partial charge in [-0.05, 0) is 18.2 Å². The van der Waals surface area contributed by atoms with Gasteiger partial charge in [-0.2, -0.15) is 0 Å². The van der Waals surface area contributed by atoms with E-state index in [-0.39, 0.29) is 18.2 Å². The van der Waals surface area contributed by atoms with Gasteiger partial charge in [0.1, 0.15) is 5.25 Å². The van der Waals surface area contributed by atoms with Crippen molar-refractivity contribution in [3.05, 3.63) is 28.2 Å². The van der Waals surface area contributed by atoms with E-state index in [2.05, 4.69) is 10.3 Å². The monoisotopic (exact) mass is 343 g/mol. The van der Waals surface area contributed by atoms with Crippen molar-refractivity contribution in [2.24, 2.45) is 4.99 Å². The van der Waals surface area contributed by atoms with E-state index >= 15 is 0 Å². The first kappa shape index (κ1) is 14.7. The molecule has 110 valence electrons. The first-order valence-corrected chi connectivity index (χ1v) is 7.95. The number of rotatable bonds is 3. The van der Waals surface area contributed by atoms with Crippen LogP contribution in [0.2, 0.25) is 10.0 Å². The molecule has 2 amide bonds. The molecule has 0 spiro atoms. The van der Waals surface area contributed by atoms with Crippen LogP contribution in [0.25, 0.3) is 0 Å². The lowest BCUT2D eigenvalue weighted by Crippen LogP contribution is -2.32. The maximum Gasteiger partial charge on any atom is 0.242 e. The Hall–Kier alpha value is -1.24. The van der Waals surface area contributed by atoms with Gasteiger partial charge in [0.25, 0.3) is 0 Å². The van der Waals surface area contributed by atoms with E-state index in [0.717, 1.165) is 5.17 Å². The molecule has 1 fully saturated rings. The molecule has 0 bridgehead atoms. The molecule has 2 aliphatic rings. The van der Waals surface area contributed by atoms with Crippen molar-refractivity contribution in [3.63, 3.8) is 0 Å². The predicted octanol–water partition coefficient (Wildman–Crippen LogP) is 2.64. The molecule has 0 aliphatic carbocycles. The molecule has 8 heteroatoms. The molecule has 0 radical (unpaired) electrons. The molecular weight excluding hydrogens is 333 g/mol. The molecule has 5 nitrogen and oxygen atoms in total. The fourth-order valence-electron chi connectivity index (χ4n) is 2.17. The number of thioether (sulfide) groups is 1. The van der Waals surface area contributed by atoms with E-state index in [0.29, 0.717) is 28.8 Å². The van der Waals surface area contributed by atoms with Gasteiger partial charge in [0, 0.05) is 18.7 Å². The van der Waals surface area contributed by atoms with Crippen molar-refractivity contribution in [1.29, 1.82) is 0 Å². The number of carbonyl (C=O) groups excluding carboxylic acids is 2. The highest BCUT2D eigenvalue weighted by Gasteiger charge is 2.40. The second kappa shape index (κ2) is 5.87. The van der Waals surface area contributed by atoms with Gasteiger partial charge < -0.3 is 5.32 Å². The number of hydrogen-bond acceptors (Lipinski definition) is 4. The van der Waals surface area contributed by atoms with E-state index in [1.165, 1.54) is 11.8 Å². The summed E-state index contributed by atoms with van der Waals surface area (Å²) < 4.78 is 0. The third kappa shape index (κ3) is 3.02. The number of halogens is 2. The van der Waals surface area contributed by atoms with Crippen LogP contribution in [0, 0.1) is 0 Å². The molecule has 1 saturated heterocycles. The van der Waals surface area contributed by atoms with Gasteiger partial charge in [-0.15, -0.1) is 0 Å². The third-order valence-corrected chi connectivity index (χ3v) is 5.12. The van der Waals surface area contributed by atoms with Crippen molar-refractivity contribution < 1.29 is 9.59 Å². The summed E-state index contributed by atoms with van der Waals surface area (Å²) in [5.74, 6) is -0.276. The van der Waals surface area contributed by atoms with Crippen molar-refractivity contribution in [2.75, 3.05) is 18.4 Å². The maximum atomic E-state index is 12.1. The number of nitrogens with zero attached hydrogens (tertiary/aromatic N) is 2. The first-order valence-electron chi connectivity index (χ1n) is 6.32. The van der Waals surface area contributed by atoms with E-state index in [1.54, 1.807) is 23.1 Å². The lowest BCUT2D eigenvalue weighted by molar-refractivity contribution is -0.127. The van der Waals surface area contributed by atoms with Crippen LogP contribution in [0.15, 0.2) is 23.2 Å². The predicted molar refractivity (Wildman–Crippen MR) is 85.1 cm³/mol. The molecule has 21 heavy (non-hydrogen) atoms. The summed E-state index contributed by atoms with van der Waals surface area (Å²) in [6.07, 6.45) is 0.110. The van der Waals surface area contributed by atoms with Gasteiger partial charge in [-0.3, -0.25) is 19.5 Å². The quantitative estimate of drug-likeness (QED) is 0.917. The molecule has 2 heterocycles. The zero-order valence-corrected chi connectivity index (χ0v) is 13.1. The number of benzene rings is 1. The number of hydrogen-bond donors (Lipinski definition) is 1. The molecule has 1 N–H and O–H groups in total. The standard InChI is InChI=1S/C13H11Cl2N3O2S/c14-8-2-1-7(5-9(8)15)17-11(19)6-10-12(20)18-4-3-16-13(18)21-10/h1-2,5,10H,3-4,6H2,(H,17,19)/t10-/m0/s1. The van der Waals surface area contributed by atoms with E-state index < -0.39 is 5.25 Å². The smallest absolute Gasteiger partial charge is 0.242 e. The average Bonchev–Trinajstić information content (AvgIpc) is 2.99. The summed E-state index contributed by atoms with van der Waals surface area (Å²) in [7, 11) is 0. The van der Waals surface area contributed by atoms with Crippen molar-refractivity contribution >= 4 is 57.6 Å². The summed E-state index contributed by atoms with van der Waals surface area (Å²) in [5.41, 5.74) is 0.558. The Balaban J connectivity index is 1.62. The van der Waals surface area contributed by atoms with Crippen LogP contribution in [0.5, 0.6) is 0 Å². The zero-order chi connectivity index (χ0) is 15.0. The van der Waals surface area contributed by atoms with Crippen LogP contribution in [0.4, 0.5) is 5.69 Å². The lowest BCUT2D eigenvalue weighted by atomic mass is 10.2. The highest BCUT2D eigenvalue weighted by atomic mass is 35.5. The number of nitrogens with one attached hydrogen (secondary N) is 1. The first-order chi connectivity index (χ1) is 10.0. The Bertz CT molecular complexity index is 650. The Morgan fingerprint density at radius 2 is 2.24 bits per heavy atom. The molecule has 3 rings (SSSR count). The summed E-state index contributed by atoms with van der Waals surface area (Å²) in [4.78, 5) is 30.0. The second-order valence-corrected chi connectivity index (χ2v) is 6.63. The number of amidine groups is 1. The van der Waals surface area contributed by atoms with Crippen molar-refractivity contribution in [3.8, 4) is 0 Å². The Kier molecular flexibility index (Phi) is 4.10. The summed E-state index contributed by atoms with van der Waals surface area (Å²) in [6.45, 7) is 1.27. The number of aliphatic imine (C=N–C) groups is 1. The van der Waals surface area contributed by atoms with Crippen LogP contribution in [0.1, 0.15) is 6.42 Å². The number of fused-ring (bicyclic) bond motifs is 1. The Morgan fingerprint density at radius 1 is 1.43 bits per heavy atom. The minimum Gasteiger partial charge on any atom is -0.326 e. The minimum atomic E-state index is -0.396. The molecular formula is C13H11Cl2N3O2S. The van der Waals surface area contributed by atoms with Crippen LogP contribution >= 0.6 is 35.0 Å². The molecule has 1 atom stereocenters. The summed E-state index contributed by atoms with van der Waals surface area (Å²) in [5, 5.41) is 3.85.